The molecule has 2 rings (SSSR count). The number of sulfonamides is 1. The summed E-state index contributed by atoms with van der Waals surface area (Å²) in [4.78, 5) is 15.0. The Morgan fingerprint density at radius 2 is 1.81 bits per heavy atom. The number of benzene rings is 1. The van der Waals surface area contributed by atoms with Gasteiger partial charge in [0.25, 0.3) is 0 Å². The lowest BCUT2D eigenvalue weighted by molar-refractivity contribution is -0.121. The number of nitrogens with zero attached hydrogens (tertiary/aromatic N) is 2. The van der Waals surface area contributed by atoms with Crippen LogP contribution >= 0.6 is 0 Å². The number of hydrogen-bond donors (Lipinski definition) is 1. The summed E-state index contributed by atoms with van der Waals surface area (Å²) >= 11 is 0. The number of likely N-dealkylation sites (tertiary alicyclic amines) is 1. The number of nitrogens with one attached hydrogen (secondary N) is 1. The predicted octanol–water partition coefficient (Wildman–Crippen LogP) is 2.45. The SMILES string of the molecule is Cc1ccc(C)c(N([C@H](C)C(=O)NCCN2CCCCCC2)S(C)(=O)=O)c1. The van der Waals surface area contributed by atoms with E-state index in [1.807, 2.05) is 32.0 Å². The fourth-order valence-electron chi connectivity index (χ4n) is 3.58. The zero-order valence-electron chi connectivity index (χ0n) is 17.0. The lowest BCUT2D eigenvalue weighted by Crippen LogP contribution is -2.49. The summed E-state index contributed by atoms with van der Waals surface area (Å²) in [6.45, 7) is 8.90. The van der Waals surface area contributed by atoms with Gasteiger partial charge in [0.15, 0.2) is 0 Å². The van der Waals surface area contributed by atoms with Crippen molar-refractivity contribution in [2.75, 3.05) is 36.7 Å². The molecule has 0 radical (unpaired) electrons. The summed E-state index contributed by atoms with van der Waals surface area (Å²) in [6.07, 6.45) is 6.12. The first kappa shape index (κ1) is 21.7. The molecule has 7 heteroatoms. The highest BCUT2D eigenvalue weighted by Crippen LogP contribution is 2.26. The van der Waals surface area contributed by atoms with Crippen LogP contribution in [0, 0.1) is 13.8 Å². The molecule has 1 fully saturated rings. The number of carbonyl (C=O) groups excluding carboxylic acids is 1. The molecule has 1 amide bonds. The summed E-state index contributed by atoms with van der Waals surface area (Å²) in [5.41, 5.74) is 2.35. The van der Waals surface area contributed by atoms with Crippen LogP contribution in [0.1, 0.15) is 43.7 Å². The third-order valence-electron chi connectivity index (χ3n) is 5.12. The van der Waals surface area contributed by atoms with Crippen molar-refractivity contribution >= 4 is 21.6 Å². The number of hydrogen-bond acceptors (Lipinski definition) is 4. The topological polar surface area (TPSA) is 69.7 Å². The van der Waals surface area contributed by atoms with Crippen LogP contribution in [0.25, 0.3) is 0 Å². The number of amides is 1. The van der Waals surface area contributed by atoms with E-state index in [-0.39, 0.29) is 5.91 Å². The zero-order chi connectivity index (χ0) is 20.0. The van der Waals surface area contributed by atoms with Crippen molar-refractivity contribution in [1.82, 2.24) is 10.2 Å². The summed E-state index contributed by atoms with van der Waals surface area (Å²) in [5.74, 6) is -0.267. The fraction of sp³-hybridized carbons (Fsp3) is 0.650. The lowest BCUT2D eigenvalue weighted by Gasteiger charge is -2.30. The van der Waals surface area contributed by atoms with Crippen molar-refractivity contribution in [3.05, 3.63) is 29.3 Å². The van der Waals surface area contributed by atoms with E-state index in [0.29, 0.717) is 12.2 Å². The standard InChI is InChI=1S/C20H33N3O3S/c1-16-9-10-17(2)19(15-16)23(27(4,25)26)18(3)20(24)21-11-14-22-12-7-5-6-8-13-22/h9-10,15,18H,5-8,11-14H2,1-4H3,(H,21,24)/t18-/m1/s1. The first-order valence-electron chi connectivity index (χ1n) is 9.77. The quantitative estimate of drug-likeness (QED) is 0.770. The largest absolute Gasteiger partial charge is 0.353 e. The molecule has 1 N–H and O–H groups in total. The van der Waals surface area contributed by atoms with Crippen molar-refractivity contribution in [2.24, 2.45) is 0 Å². The van der Waals surface area contributed by atoms with Gasteiger partial charge in [-0.15, -0.1) is 0 Å². The van der Waals surface area contributed by atoms with Gasteiger partial charge in [-0.1, -0.05) is 25.0 Å². The minimum Gasteiger partial charge on any atom is -0.353 e. The van der Waals surface area contributed by atoms with Crippen molar-refractivity contribution in [3.8, 4) is 0 Å². The second-order valence-corrected chi connectivity index (χ2v) is 9.43. The number of rotatable bonds is 7. The van der Waals surface area contributed by atoms with Crippen molar-refractivity contribution in [2.45, 2.75) is 52.5 Å². The van der Waals surface area contributed by atoms with Crippen LogP contribution in [0.2, 0.25) is 0 Å². The minimum absolute atomic E-state index is 0.267. The van der Waals surface area contributed by atoms with Gasteiger partial charge in [-0.2, -0.15) is 0 Å². The van der Waals surface area contributed by atoms with Gasteiger partial charge >= 0.3 is 0 Å². The molecular formula is C20H33N3O3S. The highest BCUT2D eigenvalue weighted by Gasteiger charge is 2.30. The van der Waals surface area contributed by atoms with Crippen molar-refractivity contribution < 1.29 is 13.2 Å². The van der Waals surface area contributed by atoms with Crippen molar-refractivity contribution in [3.63, 3.8) is 0 Å². The number of carbonyl (C=O) groups is 1. The van der Waals surface area contributed by atoms with E-state index in [0.717, 1.165) is 37.0 Å². The second kappa shape index (κ2) is 9.55. The molecule has 6 nitrogen and oxygen atoms in total. The van der Waals surface area contributed by atoms with Crippen LogP contribution in [0.5, 0.6) is 0 Å². The Morgan fingerprint density at radius 3 is 2.41 bits per heavy atom. The Balaban J connectivity index is 2.05. The third kappa shape index (κ3) is 6.21. The maximum Gasteiger partial charge on any atom is 0.243 e. The second-order valence-electron chi connectivity index (χ2n) is 7.57. The van der Waals surface area contributed by atoms with Crippen LogP contribution < -0.4 is 9.62 Å². The number of aryl methyl sites for hydroxylation is 2. The van der Waals surface area contributed by atoms with Gasteiger partial charge in [-0.25, -0.2) is 8.42 Å². The molecule has 1 aliphatic heterocycles. The van der Waals surface area contributed by atoms with Gasteiger partial charge in [0.05, 0.1) is 11.9 Å². The van der Waals surface area contributed by atoms with Crippen LogP contribution in [-0.4, -0.2) is 57.7 Å². The van der Waals surface area contributed by atoms with E-state index in [9.17, 15) is 13.2 Å². The molecule has 0 aliphatic carbocycles. The van der Waals surface area contributed by atoms with E-state index in [4.69, 9.17) is 0 Å². The lowest BCUT2D eigenvalue weighted by atomic mass is 10.1. The molecule has 1 atom stereocenters. The van der Waals surface area contributed by atoms with Crippen molar-refractivity contribution in [1.29, 1.82) is 0 Å². The molecule has 1 aromatic rings. The van der Waals surface area contributed by atoms with Gasteiger partial charge in [0.1, 0.15) is 6.04 Å². The normalized spacial score (nSPS) is 17.2. The first-order valence-corrected chi connectivity index (χ1v) is 11.6. The zero-order valence-corrected chi connectivity index (χ0v) is 17.8. The van der Waals surface area contributed by atoms with Crippen LogP contribution in [0.3, 0.4) is 0 Å². The van der Waals surface area contributed by atoms with Crippen LogP contribution in [0.15, 0.2) is 18.2 Å². The molecule has 0 aromatic heterocycles. The summed E-state index contributed by atoms with van der Waals surface area (Å²) < 4.78 is 26.1. The molecule has 0 bridgehead atoms. The summed E-state index contributed by atoms with van der Waals surface area (Å²) in [5, 5.41) is 2.92. The van der Waals surface area contributed by atoms with E-state index in [1.165, 1.54) is 30.0 Å². The summed E-state index contributed by atoms with van der Waals surface area (Å²) in [7, 11) is -3.59. The molecule has 152 valence electrons. The van der Waals surface area contributed by atoms with E-state index < -0.39 is 16.1 Å². The molecule has 0 spiro atoms. The predicted molar refractivity (Wildman–Crippen MR) is 111 cm³/mol. The molecule has 0 unspecified atom stereocenters. The van der Waals surface area contributed by atoms with Gasteiger partial charge in [-0.3, -0.25) is 9.10 Å². The summed E-state index contributed by atoms with van der Waals surface area (Å²) in [6, 6.07) is 4.83. The average molecular weight is 396 g/mol. The Hall–Kier alpha value is -1.60. The van der Waals surface area contributed by atoms with E-state index in [2.05, 4.69) is 10.2 Å². The molecule has 1 aromatic carbocycles. The van der Waals surface area contributed by atoms with Crippen LogP contribution in [0.4, 0.5) is 5.69 Å². The first-order chi connectivity index (χ1) is 12.7. The Bertz CT molecular complexity index is 741. The fourth-order valence-corrected chi connectivity index (χ4v) is 4.81. The molecule has 1 heterocycles. The van der Waals surface area contributed by atoms with Gasteiger partial charge < -0.3 is 10.2 Å². The van der Waals surface area contributed by atoms with E-state index in [1.54, 1.807) is 6.92 Å². The molecular weight excluding hydrogens is 362 g/mol. The maximum absolute atomic E-state index is 12.7. The monoisotopic (exact) mass is 395 g/mol. The van der Waals surface area contributed by atoms with Crippen LogP contribution in [-0.2, 0) is 14.8 Å². The number of anilines is 1. The molecule has 27 heavy (non-hydrogen) atoms. The molecule has 1 aliphatic rings. The Kier molecular flexibility index (Phi) is 7.68. The average Bonchev–Trinajstić information content (AvgIpc) is 2.85. The van der Waals surface area contributed by atoms with Gasteiger partial charge in [0.2, 0.25) is 15.9 Å². The van der Waals surface area contributed by atoms with Gasteiger partial charge in [0, 0.05) is 13.1 Å². The maximum atomic E-state index is 12.7. The van der Waals surface area contributed by atoms with E-state index >= 15 is 0 Å². The Labute approximate surface area is 164 Å². The Morgan fingerprint density at radius 1 is 1.19 bits per heavy atom. The smallest absolute Gasteiger partial charge is 0.243 e. The third-order valence-corrected chi connectivity index (χ3v) is 6.34. The molecule has 0 saturated carbocycles. The highest BCUT2D eigenvalue weighted by atomic mass is 32.2. The highest BCUT2D eigenvalue weighted by molar-refractivity contribution is 7.92. The minimum atomic E-state index is -3.59. The molecule has 1 saturated heterocycles. The van der Waals surface area contributed by atoms with Gasteiger partial charge in [-0.05, 0) is 63.9 Å².